The van der Waals surface area contributed by atoms with Gasteiger partial charge in [-0.3, -0.25) is 19.6 Å². The largest absolute Gasteiger partial charge is 0.342 e. The normalized spacial score (nSPS) is 22.3. The molecule has 2 aromatic rings. The van der Waals surface area contributed by atoms with Crippen LogP contribution in [0, 0.1) is 0 Å². The Bertz CT molecular complexity index is 790. The second-order valence-corrected chi connectivity index (χ2v) is 6.75. The average Bonchev–Trinajstić information content (AvgIpc) is 3.27. The molecule has 4 rings (SSSR count). The first-order valence-electron chi connectivity index (χ1n) is 8.81. The minimum Gasteiger partial charge on any atom is -0.342 e. The molecule has 7 nitrogen and oxygen atoms in total. The van der Waals surface area contributed by atoms with Gasteiger partial charge in [-0.25, -0.2) is 9.50 Å². The third kappa shape index (κ3) is 2.84. The van der Waals surface area contributed by atoms with Crippen LogP contribution >= 0.6 is 0 Å². The smallest absolute Gasteiger partial charge is 0.272 e. The van der Waals surface area contributed by atoms with E-state index in [9.17, 15) is 9.59 Å². The molecular formula is C17H23N5O2. The number of H-pyrrole nitrogens is 1. The zero-order chi connectivity index (χ0) is 16.5. The lowest BCUT2D eigenvalue weighted by Gasteiger charge is -2.35. The van der Waals surface area contributed by atoms with E-state index in [1.165, 1.54) is 4.52 Å². The predicted octanol–water partition coefficient (Wildman–Crippen LogP) is 1.17. The van der Waals surface area contributed by atoms with Gasteiger partial charge in [0.05, 0.1) is 18.3 Å². The first-order valence-corrected chi connectivity index (χ1v) is 8.81. The molecule has 2 aliphatic heterocycles. The van der Waals surface area contributed by atoms with E-state index >= 15 is 0 Å². The van der Waals surface area contributed by atoms with Crippen molar-refractivity contribution in [1.82, 2.24) is 24.4 Å². The van der Waals surface area contributed by atoms with Crippen molar-refractivity contribution in [3.63, 3.8) is 0 Å². The van der Waals surface area contributed by atoms with Crippen LogP contribution in [0.2, 0.25) is 0 Å². The number of likely N-dealkylation sites (tertiary alicyclic amines) is 2. The van der Waals surface area contributed by atoms with Crippen LogP contribution in [-0.2, 0) is 4.79 Å². The van der Waals surface area contributed by atoms with Crippen LogP contribution in [0.4, 0.5) is 0 Å². The minimum atomic E-state index is -0.101. The topological polar surface area (TPSA) is 73.7 Å². The standard InChI is InChI=1S/C17H23N5O2/c23-16-11-13(19-15-6-7-18-22(15)16)14-5-1-2-10-21(14)12-17(24)20-8-3-4-9-20/h6-7,11,14,18H,1-5,8-10,12H2/t14-/m0/s1. The van der Waals surface area contributed by atoms with Gasteiger partial charge in [-0.05, 0) is 32.2 Å². The lowest BCUT2D eigenvalue weighted by atomic mass is 9.99. The third-order valence-corrected chi connectivity index (χ3v) is 5.15. The van der Waals surface area contributed by atoms with Crippen molar-refractivity contribution >= 4 is 11.6 Å². The van der Waals surface area contributed by atoms with E-state index in [4.69, 9.17) is 0 Å². The monoisotopic (exact) mass is 329 g/mol. The fourth-order valence-corrected chi connectivity index (χ4v) is 3.87. The maximum absolute atomic E-state index is 12.5. The van der Waals surface area contributed by atoms with E-state index in [0.717, 1.165) is 57.4 Å². The van der Waals surface area contributed by atoms with Gasteiger partial charge in [0, 0.05) is 31.4 Å². The molecule has 2 aromatic heterocycles. The Balaban J connectivity index is 1.58. The summed E-state index contributed by atoms with van der Waals surface area (Å²) in [6.45, 7) is 3.08. The van der Waals surface area contributed by atoms with Crippen molar-refractivity contribution in [2.45, 2.75) is 38.1 Å². The zero-order valence-corrected chi connectivity index (χ0v) is 13.8. The minimum absolute atomic E-state index is 0.0536. The molecule has 0 spiro atoms. The number of nitrogens with one attached hydrogen (secondary N) is 1. The summed E-state index contributed by atoms with van der Waals surface area (Å²) in [6, 6.07) is 3.46. The molecule has 0 bridgehead atoms. The van der Waals surface area contributed by atoms with Crippen molar-refractivity contribution in [1.29, 1.82) is 0 Å². The van der Waals surface area contributed by atoms with E-state index in [-0.39, 0.29) is 17.5 Å². The lowest BCUT2D eigenvalue weighted by molar-refractivity contribution is -0.132. The number of hydrogen-bond acceptors (Lipinski definition) is 4. The molecule has 0 saturated carbocycles. The van der Waals surface area contributed by atoms with E-state index in [0.29, 0.717) is 12.2 Å². The number of piperidine rings is 1. The van der Waals surface area contributed by atoms with Crippen molar-refractivity contribution in [2.75, 3.05) is 26.2 Å². The highest BCUT2D eigenvalue weighted by Gasteiger charge is 2.29. The second kappa shape index (κ2) is 6.39. The first-order chi connectivity index (χ1) is 11.7. The van der Waals surface area contributed by atoms with Crippen molar-refractivity contribution in [3.05, 3.63) is 34.4 Å². The molecule has 7 heteroatoms. The summed E-state index contributed by atoms with van der Waals surface area (Å²) < 4.78 is 1.44. The number of nitrogens with zero attached hydrogens (tertiary/aromatic N) is 4. The van der Waals surface area contributed by atoms with Crippen LogP contribution in [-0.4, -0.2) is 56.5 Å². The van der Waals surface area contributed by atoms with Crippen LogP contribution in [0.3, 0.4) is 0 Å². The van der Waals surface area contributed by atoms with Crippen molar-refractivity contribution in [3.8, 4) is 0 Å². The maximum Gasteiger partial charge on any atom is 0.272 e. The zero-order valence-electron chi connectivity index (χ0n) is 13.8. The Labute approximate surface area is 140 Å². The number of rotatable bonds is 3. The van der Waals surface area contributed by atoms with Gasteiger partial charge in [0.2, 0.25) is 5.91 Å². The molecule has 24 heavy (non-hydrogen) atoms. The highest BCUT2D eigenvalue weighted by Crippen LogP contribution is 2.29. The Kier molecular flexibility index (Phi) is 4.10. The van der Waals surface area contributed by atoms with E-state index in [2.05, 4.69) is 15.0 Å². The fourth-order valence-electron chi connectivity index (χ4n) is 3.87. The number of aromatic amines is 1. The number of carbonyl (C=O) groups excluding carboxylic acids is 1. The molecule has 2 fully saturated rings. The second-order valence-electron chi connectivity index (χ2n) is 6.75. The van der Waals surface area contributed by atoms with Gasteiger partial charge in [0.15, 0.2) is 5.65 Å². The highest BCUT2D eigenvalue weighted by atomic mass is 16.2. The van der Waals surface area contributed by atoms with Gasteiger partial charge < -0.3 is 4.90 Å². The Morgan fingerprint density at radius 2 is 2.00 bits per heavy atom. The molecule has 4 heterocycles. The highest BCUT2D eigenvalue weighted by molar-refractivity contribution is 5.78. The van der Waals surface area contributed by atoms with Gasteiger partial charge in [-0.2, -0.15) is 0 Å². The van der Waals surface area contributed by atoms with Gasteiger partial charge >= 0.3 is 0 Å². The summed E-state index contributed by atoms with van der Waals surface area (Å²) in [7, 11) is 0. The lowest BCUT2D eigenvalue weighted by Crippen LogP contribution is -2.43. The Hall–Kier alpha value is -2.15. The number of carbonyl (C=O) groups is 1. The van der Waals surface area contributed by atoms with Crippen LogP contribution in [0.5, 0.6) is 0 Å². The van der Waals surface area contributed by atoms with Gasteiger partial charge in [0.25, 0.3) is 5.56 Å². The molecule has 2 aliphatic rings. The third-order valence-electron chi connectivity index (χ3n) is 5.15. The summed E-state index contributed by atoms with van der Waals surface area (Å²) in [5.41, 5.74) is 1.32. The van der Waals surface area contributed by atoms with E-state index < -0.39 is 0 Å². The Morgan fingerprint density at radius 3 is 2.83 bits per heavy atom. The fraction of sp³-hybridized carbons (Fsp3) is 0.588. The van der Waals surface area contributed by atoms with Crippen LogP contribution in [0.15, 0.2) is 23.1 Å². The van der Waals surface area contributed by atoms with Crippen LogP contribution in [0.1, 0.15) is 43.8 Å². The van der Waals surface area contributed by atoms with Gasteiger partial charge in [-0.1, -0.05) is 6.42 Å². The van der Waals surface area contributed by atoms with Gasteiger partial charge in [0.1, 0.15) is 0 Å². The van der Waals surface area contributed by atoms with E-state index in [1.54, 1.807) is 18.3 Å². The molecule has 0 unspecified atom stereocenters. The molecular weight excluding hydrogens is 306 g/mol. The number of aromatic nitrogens is 3. The first kappa shape index (κ1) is 15.4. The summed E-state index contributed by atoms with van der Waals surface area (Å²) in [6.07, 6.45) is 7.07. The average molecular weight is 329 g/mol. The number of amides is 1. The molecule has 1 N–H and O–H groups in total. The summed E-state index contributed by atoms with van der Waals surface area (Å²) in [4.78, 5) is 33.6. The summed E-state index contributed by atoms with van der Waals surface area (Å²) in [5, 5.41) is 2.87. The quantitative estimate of drug-likeness (QED) is 0.917. The predicted molar refractivity (Wildman–Crippen MR) is 89.8 cm³/mol. The summed E-state index contributed by atoms with van der Waals surface area (Å²) in [5.74, 6) is 0.207. The van der Waals surface area contributed by atoms with Crippen molar-refractivity contribution in [2.24, 2.45) is 0 Å². The van der Waals surface area contributed by atoms with Gasteiger partial charge in [-0.15, -0.1) is 0 Å². The van der Waals surface area contributed by atoms with Crippen LogP contribution < -0.4 is 5.56 Å². The number of hydrogen-bond donors (Lipinski definition) is 1. The van der Waals surface area contributed by atoms with Crippen molar-refractivity contribution < 1.29 is 4.79 Å². The SMILES string of the molecule is O=C(CN1CCCC[C@H]1c1cc(=O)n2[nH]ccc2n1)N1CCCC1. The molecule has 1 amide bonds. The number of fused-ring (bicyclic) bond motifs is 1. The molecule has 0 radical (unpaired) electrons. The van der Waals surface area contributed by atoms with E-state index in [1.807, 2.05) is 4.90 Å². The Morgan fingerprint density at radius 1 is 1.21 bits per heavy atom. The molecule has 0 aliphatic carbocycles. The maximum atomic E-state index is 12.5. The summed E-state index contributed by atoms with van der Waals surface area (Å²) >= 11 is 0. The molecule has 2 saturated heterocycles. The molecule has 1 atom stereocenters. The van der Waals surface area contributed by atoms with Crippen LogP contribution in [0.25, 0.3) is 5.65 Å². The molecule has 0 aromatic carbocycles. The molecule has 128 valence electrons.